The first-order valence-electron chi connectivity index (χ1n) is 7.22. The minimum atomic E-state index is -0.623. The third-order valence-electron chi connectivity index (χ3n) is 3.30. The Bertz CT molecular complexity index is 544. The van der Waals surface area contributed by atoms with Gasteiger partial charge in [0.2, 0.25) is 0 Å². The maximum Gasteiger partial charge on any atom is 0.427 e. The second-order valence-electron chi connectivity index (χ2n) is 7.33. The highest BCUT2D eigenvalue weighted by Crippen LogP contribution is 2.39. The molecular formula is C17H26N2O3. The number of carbonyl (C=O) groups excluding carboxylic acids is 1. The number of phenolic OH excluding ortho intramolecular Hbond substituents is 1. The van der Waals surface area contributed by atoms with E-state index in [4.69, 9.17) is 0 Å². The zero-order valence-corrected chi connectivity index (χ0v) is 14.4. The Morgan fingerprint density at radius 2 is 1.59 bits per heavy atom. The summed E-state index contributed by atoms with van der Waals surface area (Å²) in [4.78, 5) is 11.0. The molecule has 0 saturated carbocycles. The molecule has 0 saturated heterocycles. The normalized spacial score (nSPS) is 12.5. The van der Waals surface area contributed by atoms with Gasteiger partial charge in [0.25, 0.3) is 0 Å². The molecule has 1 aromatic carbocycles. The van der Waals surface area contributed by atoms with Gasteiger partial charge in [-0.2, -0.15) is 5.10 Å². The zero-order valence-electron chi connectivity index (χ0n) is 14.4. The first kappa shape index (κ1) is 18.0. The molecule has 0 bridgehead atoms. The van der Waals surface area contributed by atoms with Crippen molar-refractivity contribution in [2.75, 3.05) is 7.11 Å². The van der Waals surface area contributed by atoms with Crippen LogP contribution in [0.3, 0.4) is 0 Å². The molecule has 0 aliphatic heterocycles. The lowest BCUT2D eigenvalue weighted by molar-refractivity contribution is 0.171. The van der Waals surface area contributed by atoms with E-state index in [1.165, 1.54) is 7.11 Å². The van der Waals surface area contributed by atoms with Crippen LogP contribution in [0.1, 0.15) is 58.2 Å². The van der Waals surface area contributed by atoms with Crippen LogP contribution in [0.2, 0.25) is 0 Å². The van der Waals surface area contributed by atoms with E-state index in [0.29, 0.717) is 5.75 Å². The third-order valence-corrected chi connectivity index (χ3v) is 3.30. The Hall–Kier alpha value is -2.04. The molecule has 122 valence electrons. The van der Waals surface area contributed by atoms with Crippen LogP contribution in [0.4, 0.5) is 4.79 Å². The van der Waals surface area contributed by atoms with E-state index in [-0.39, 0.29) is 10.8 Å². The summed E-state index contributed by atoms with van der Waals surface area (Å²) in [7, 11) is 1.28. The van der Waals surface area contributed by atoms with Crippen molar-refractivity contribution in [3.63, 3.8) is 0 Å². The van der Waals surface area contributed by atoms with E-state index in [1.54, 1.807) is 6.21 Å². The second kappa shape index (κ2) is 6.38. The fraction of sp³-hybridized carbons (Fsp3) is 0.529. The number of amides is 1. The molecule has 1 rings (SSSR count). The fourth-order valence-corrected chi connectivity index (χ4v) is 2.08. The van der Waals surface area contributed by atoms with Crippen LogP contribution in [-0.2, 0) is 15.6 Å². The number of phenols is 1. The topological polar surface area (TPSA) is 70.9 Å². The van der Waals surface area contributed by atoms with Crippen molar-refractivity contribution < 1.29 is 14.6 Å². The lowest BCUT2D eigenvalue weighted by Crippen LogP contribution is -2.19. The summed E-state index contributed by atoms with van der Waals surface area (Å²) in [5.74, 6) is 0.318. The molecule has 0 spiro atoms. The van der Waals surface area contributed by atoms with Gasteiger partial charge in [0.15, 0.2) is 0 Å². The number of methoxy groups -OCH3 is 1. The average molecular weight is 306 g/mol. The number of benzene rings is 1. The van der Waals surface area contributed by atoms with Crippen LogP contribution >= 0.6 is 0 Å². The molecule has 22 heavy (non-hydrogen) atoms. The SMILES string of the molecule is COC(=O)N/N=C\c1cc(C(C)(C)C)c(O)c(C(C)(C)C)c1. The van der Waals surface area contributed by atoms with E-state index in [2.05, 4.69) is 15.3 Å². The zero-order chi connectivity index (χ0) is 17.1. The molecule has 0 radical (unpaired) electrons. The summed E-state index contributed by atoms with van der Waals surface area (Å²) in [6.07, 6.45) is 0.919. The van der Waals surface area contributed by atoms with Gasteiger partial charge in [-0.15, -0.1) is 0 Å². The number of hydrazone groups is 1. The van der Waals surface area contributed by atoms with Crippen LogP contribution in [0.5, 0.6) is 5.75 Å². The Morgan fingerprint density at radius 1 is 1.14 bits per heavy atom. The Morgan fingerprint density at radius 3 is 1.95 bits per heavy atom. The number of hydrogen-bond donors (Lipinski definition) is 2. The summed E-state index contributed by atoms with van der Waals surface area (Å²) in [5, 5.41) is 14.5. The quantitative estimate of drug-likeness (QED) is 0.647. The molecule has 2 N–H and O–H groups in total. The van der Waals surface area contributed by atoms with E-state index in [9.17, 15) is 9.90 Å². The van der Waals surface area contributed by atoms with Gasteiger partial charge in [-0.3, -0.25) is 0 Å². The van der Waals surface area contributed by atoms with Gasteiger partial charge in [0, 0.05) is 11.1 Å². The van der Waals surface area contributed by atoms with Crippen LogP contribution in [-0.4, -0.2) is 24.5 Å². The highest BCUT2D eigenvalue weighted by atomic mass is 16.5. The minimum Gasteiger partial charge on any atom is -0.507 e. The van der Waals surface area contributed by atoms with Crippen molar-refractivity contribution in [1.29, 1.82) is 0 Å². The number of rotatable bonds is 2. The third kappa shape index (κ3) is 4.48. The summed E-state index contributed by atoms with van der Waals surface area (Å²) in [6.45, 7) is 12.3. The van der Waals surface area contributed by atoms with E-state index >= 15 is 0 Å². The van der Waals surface area contributed by atoms with Crippen LogP contribution in [0.15, 0.2) is 17.2 Å². The molecule has 0 heterocycles. The molecular weight excluding hydrogens is 280 g/mol. The van der Waals surface area contributed by atoms with Crippen molar-refractivity contribution in [3.8, 4) is 5.75 Å². The highest BCUT2D eigenvalue weighted by Gasteiger charge is 2.26. The molecule has 5 nitrogen and oxygen atoms in total. The number of ether oxygens (including phenoxy) is 1. The Balaban J connectivity index is 3.33. The predicted molar refractivity (Wildman–Crippen MR) is 88.6 cm³/mol. The van der Waals surface area contributed by atoms with Gasteiger partial charge in [-0.05, 0) is 28.5 Å². The number of nitrogens with zero attached hydrogens (tertiary/aromatic N) is 1. The minimum absolute atomic E-state index is 0.205. The molecule has 0 fully saturated rings. The lowest BCUT2D eigenvalue weighted by atomic mass is 9.78. The number of aromatic hydroxyl groups is 1. The van der Waals surface area contributed by atoms with Gasteiger partial charge in [0.05, 0.1) is 13.3 Å². The lowest BCUT2D eigenvalue weighted by Gasteiger charge is -2.27. The van der Waals surface area contributed by atoms with Gasteiger partial charge in [0.1, 0.15) is 5.75 Å². The van der Waals surface area contributed by atoms with E-state index < -0.39 is 6.09 Å². The van der Waals surface area contributed by atoms with Crippen LogP contribution < -0.4 is 5.43 Å². The van der Waals surface area contributed by atoms with Crippen molar-refractivity contribution in [1.82, 2.24) is 5.43 Å². The Labute approximate surface area is 132 Å². The van der Waals surface area contributed by atoms with Gasteiger partial charge in [-0.1, -0.05) is 41.5 Å². The summed E-state index contributed by atoms with van der Waals surface area (Å²) in [6, 6.07) is 3.76. The summed E-state index contributed by atoms with van der Waals surface area (Å²) >= 11 is 0. The highest BCUT2D eigenvalue weighted by molar-refractivity contribution is 5.82. The van der Waals surface area contributed by atoms with Crippen molar-refractivity contribution in [2.45, 2.75) is 52.4 Å². The van der Waals surface area contributed by atoms with Gasteiger partial charge < -0.3 is 9.84 Å². The number of nitrogens with one attached hydrogen (secondary N) is 1. The average Bonchev–Trinajstić information content (AvgIpc) is 2.37. The molecule has 1 amide bonds. The molecule has 1 aromatic rings. The summed E-state index contributed by atoms with van der Waals surface area (Å²) < 4.78 is 4.46. The number of carbonyl (C=O) groups is 1. The Kier molecular flexibility index (Phi) is 5.22. The molecule has 0 aliphatic carbocycles. The molecule has 0 aliphatic rings. The largest absolute Gasteiger partial charge is 0.507 e. The van der Waals surface area contributed by atoms with E-state index in [1.807, 2.05) is 53.7 Å². The fourth-order valence-electron chi connectivity index (χ4n) is 2.08. The molecule has 0 unspecified atom stereocenters. The maximum atomic E-state index is 11.0. The monoisotopic (exact) mass is 306 g/mol. The first-order valence-corrected chi connectivity index (χ1v) is 7.22. The first-order chi connectivity index (χ1) is 9.96. The number of hydrogen-bond acceptors (Lipinski definition) is 4. The molecule has 0 aromatic heterocycles. The van der Waals surface area contributed by atoms with Crippen LogP contribution in [0.25, 0.3) is 0 Å². The smallest absolute Gasteiger partial charge is 0.427 e. The standard InChI is InChI=1S/C17H26N2O3/c1-16(2,3)12-8-11(10-18-19-15(21)22-7)9-13(14(12)20)17(4,5)6/h8-10,20H,1-7H3,(H,19,21)/b18-10-. The predicted octanol–water partition coefficient (Wildman–Crippen LogP) is 3.68. The van der Waals surface area contributed by atoms with Crippen molar-refractivity contribution in [2.24, 2.45) is 5.10 Å². The van der Waals surface area contributed by atoms with Crippen molar-refractivity contribution >= 4 is 12.3 Å². The van der Waals surface area contributed by atoms with Gasteiger partial charge >= 0.3 is 6.09 Å². The van der Waals surface area contributed by atoms with Crippen molar-refractivity contribution in [3.05, 3.63) is 28.8 Å². The van der Waals surface area contributed by atoms with E-state index in [0.717, 1.165) is 16.7 Å². The second-order valence-corrected chi connectivity index (χ2v) is 7.33. The van der Waals surface area contributed by atoms with Gasteiger partial charge in [-0.25, -0.2) is 10.2 Å². The molecule has 5 heteroatoms. The summed E-state index contributed by atoms with van der Waals surface area (Å²) in [5.41, 5.74) is 4.35. The maximum absolute atomic E-state index is 11.0. The molecule has 0 atom stereocenters. The van der Waals surface area contributed by atoms with Crippen LogP contribution in [0, 0.1) is 0 Å².